The van der Waals surface area contributed by atoms with E-state index in [1.54, 1.807) is 25.6 Å². The Morgan fingerprint density at radius 3 is 2.45 bits per heavy atom. The molecule has 1 aromatic carbocycles. The lowest BCUT2D eigenvalue weighted by molar-refractivity contribution is 0.395. The lowest BCUT2D eigenvalue weighted by Crippen LogP contribution is -2.17. The zero-order chi connectivity index (χ0) is 14.7. The molecule has 0 saturated heterocycles. The first-order chi connectivity index (χ1) is 9.60. The number of ether oxygens (including phenoxy) is 2. The molecule has 2 aromatic rings. The van der Waals surface area contributed by atoms with Crippen molar-refractivity contribution in [2.75, 3.05) is 21.3 Å². The Morgan fingerprint density at radius 2 is 1.95 bits per heavy atom. The molecule has 0 aliphatic heterocycles. The van der Waals surface area contributed by atoms with E-state index >= 15 is 0 Å². The zero-order valence-electron chi connectivity index (χ0n) is 12.0. The van der Waals surface area contributed by atoms with Gasteiger partial charge in [-0.3, -0.25) is 0 Å². The largest absolute Gasteiger partial charge is 0.497 e. The molecule has 0 aliphatic rings. The Balaban J connectivity index is 2.50. The summed E-state index contributed by atoms with van der Waals surface area (Å²) in [6, 6.07) is 8.09. The summed E-state index contributed by atoms with van der Waals surface area (Å²) in [5, 5.41) is 3.36. The van der Waals surface area contributed by atoms with E-state index in [0.717, 1.165) is 21.5 Å². The van der Waals surface area contributed by atoms with Crippen molar-refractivity contribution in [3.05, 3.63) is 44.1 Å². The Morgan fingerprint density at radius 1 is 1.20 bits per heavy atom. The first-order valence-corrected chi connectivity index (χ1v) is 7.86. The summed E-state index contributed by atoms with van der Waals surface area (Å²) in [5.41, 5.74) is 1.07. The van der Waals surface area contributed by atoms with Crippen LogP contribution in [-0.4, -0.2) is 21.3 Å². The van der Waals surface area contributed by atoms with Crippen LogP contribution >= 0.6 is 27.3 Å². The smallest absolute Gasteiger partial charge is 0.124 e. The highest BCUT2D eigenvalue weighted by molar-refractivity contribution is 9.10. The quantitative estimate of drug-likeness (QED) is 0.873. The van der Waals surface area contributed by atoms with Gasteiger partial charge < -0.3 is 14.8 Å². The van der Waals surface area contributed by atoms with E-state index in [1.165, 1.54) is 9.75 Å². The van der Waals surface area contributed by atoms with Crippen molar-refractivity contribution in [1.29, 1.82) is 0 Å². The van der Waals surface area contributed by atoms with Gasteiger partial charge in [0, 0.05) is 19.8 Å². The number of hydrogen-bond donors (Lipinski definition) is 1. The molecule has 0 saturated carbocycles. The molecule has 0 bridgehead atoms. The van der Waals surface area contributed by atoms with Gasteiger partial charge >= 0.3 is 0 Å². The number of methoxy groups -OCH3 is 2. The van der Waals surface area contributed by atoms with E-state index in [9.17, 15) is 0 Å². The average molecular weight is 356 g/mol. The Labute approximate surface area is 132 Å². The molecule has 108 valence electrons. The van der Waals surface area contributed by atoms with Crippen LogP contribution in [0.5, 0.6) is 11.5 Å². The Hall–Kier alpha value is -1.04. The second-order valence-corrected chi connectivity index (χ2v) is 6.52. The fraction of sp³-hybridized carbons (Fsp3) is 0.333. The van der Waals surface area contributed by atoms with Crippen LogP contribution in [-0.2, 0) is 0 Å². The maximum atomic E-state index is 5.48. The molecular formula is C15H18BrNO2S. The van der Waals surface area contributed by atoms with Crippen molar-refractivity contribution in [1.82, 2.24) is 5.32 Å². The molecule has 0 aliphatic carbocycles. The highest BCUT2D eigenvalue weighted by Gasteiger charge is 2.20. The monoisotopic (exact) mass is 355 g/mol. The van der Waals surface area contributed by atoms with Crippen LogP contribution in [0, 0.1) is 6.92 Å². The van der Waals surface area contributed by atoms with Crippen molar-refractivity contribution in [2.24, 2.45) is 0 Å². The summed E-state index contributed by atoms with van der Waals surface area (Å²) in [5.74, 6) is 1.68. The van der Waals surface area contributed by atoms with Gasteiger partial charge in [0.25, 0.3) is 0 Å². The van der Waals surface area contributed by atoms with Crippen LogP contribution in [0.25, 0.3) is 0 Å². The van der Waals surface area contributed by atoms with E-state index < -0.39 is 0 Å². The fourth-order valence-electron chi connectivity index (χ4n) is 2.14. The van der Waals surface area contributed by atoms with Gasteiger partial charge in [-0.1, -0.05) is 0 Å². The molecule has 0 fully saturated rings. The van der Waals surface area contributed by atoms with Gasteiger partial charge in [-0.2, -0.15) is 0 Å². The summed E-state index contributed by atoms with van der Waals surface area (Å²) in [7, 11) is 5.31. The van der Waals surface area contributed by atoms with Crippen molar-refractivity contribution < 1.29 is 9.47 Å². The van der Waals surface area contributed by atoms with Crippen LogP contribution in [0.3, 0.4) is 0 Å². The lowest BCUT2D eigenvalue weighted by Gasteiger charge is -2.19. The molecule has 2 rings (SSSR count). The van der Waals surface area contributed by atoms with Crippen molar-refractivity contribution in [3.8, 4) is 11.5 Å². The Bertz CT molecular complexity index is 578. The zero-order valence-corrected chi connectivity index (χ0v) is 14.4. The number of rotatable bonds is 5. The number of halogens is 1. The number of benzene rings is 1. The first kappa shape index (κ1) is 15.4. The molecule has 0 radical (unpaired) electrons. The molecular weight excluding hydrogens is 338 g/mol. The van der Waals surface area contributed by atoms with E-state index in [-0.39, 0.29) is 6.04 Å². The third kappa shape index (κ3) is 3.00. The maximum Gasteiger partial charge on any atom is 0.124 e. The van der Waals surface area contributed by atoms with Gasteiger partial charge in [0.05, 0.1) is 20.3 Å². The molecule has 1 N–H and O–H groups in total. The minimum atomic E-state index is 0.0787. The van der Waals surface area contributed by atoms with E-state index in [1.807, 2.05) is 25.2 Å². The summed E-state index contributed by atoms with van der Waals surface area (Å²) < 4.78 is 11.9. The van der Waals surface area contributed by atoms with E-state index in [4.69, 9.17) is 9.47 Å². The van der Waals surface area contributed by atoms with Crippen molar-refractivity contribution in [2.45, 2.75) is 13.0 Å². The van der Waals surface area contributed by atoms with Crippen LogP contribution in [0.15, 0.2) is 28.7 Å². The van der Waals surface area contributed by atoms with Crippen molar-refractivity contribution >= 4 is 27.3 Å². The third-order valence-electron chi connectivity index (χ3n) is 3.20. The lowest BCUT2D eigenvalue weighted by atomic mass is 10.0. The summed E-state index contributed by atoms with van der Waals surface area (Å²) >= 11 is 5.35. The molecule has 0 spiro atoms. The second-order valence-electron chi connectivity index (χ2n) is 4.38. The summed E-state index contributed by atoms with van der Waals surface area (Å²) in [6.45, 7) is 2.10. The number of hydrogen-bond acceptors (Lipinski definition) is 4. The third-order valence-corrected chi connectivity index (χ3v) is 5.40. The van der Waals surface area contributed by atoms with Gasteiger partial charge in [0.15, 0.2) is 0 Å². The molecule has 0 amide bonds. The minimum absolute atomic E-state index is 0.0787. The first-order valence-electron chi connectivity index (χ1n) is 6.25. The van der Waals surface area contributed by atoms with E-state index in [0.29, 0.717) is 0 Å². The standard InChI is InChI=1S/C15H18BrNO2S/c1-9-12(16)8-14(20-9)15(17-2)11-7-10(18-3)5-6-13(11)19-4/h5-8,15,17H,1-4H3. The maximum absolute atomic E-state index is 5.48. The highest BCUT2D eigenvalue weighted by atomic mass is 79.9. The fourth-order valence-corrected chi connectivity index (χ4v) is 3.83. The SMILES string of the molecule is CNC(c1cc(Br)c(C)s1)c1cc(OC)ccc1OC. The molecule has 20 heavy (non-hydrogen) atoms. The number of nitrogens with one attached hydrogen (secondary N) is 1. The van der Waals surface area contributed by atoms with Crippen LogP contribution in [0.4, 0.5) is 0 Å². The minimum Gasteiger partial charge on any atom is -0.497 e. The normalized spacial score (nSPS) is 12.2. The number of thiophene rings is 1. The van der Waals surface area contributed by atoms with Gasteiger partial charge in [0.1, 0.15) is 11.5 Å². The van der Waals surface area contributed by atoms with Crippen LogP contribution in [0.1, 0.15) is 21.4 Å². The topological polar surface area (TPSA) is 30.5 Å². The summed E-state index contributed by atoms with van der Waals surface area (Å²) in [4.78, 5) is 2.51. The van der Waals surface area contributed by atoms with Gasteiger partial charge in [-0.05, 0) is 54.2 Å². The van der Waals surface area contributed by atoms with Crippen molar-refractivity contribution in [3.63, 3.8) is 0 Å². The second kappa shape index (κ2) is 6.61. The van der Waals surface area contributed by atoms with Gasteiger partial charge in [0.2, 0.25) is 0 Å². The summed E-state index contributed by atoms with van der Waals surface area (Å²) in [6.07, 6.45) is 0. The van der Waals surface area contributed by atoms with Crippen LogP contribution in [0.2, 0.25) is 0 Å². The average Bonchev–Trinajstić information content (AvgIpc) is 2.79. The highest BCUT2D eigenvalue weighted by Crippen LogP contribution is 2.38. The van der Waals surface area contributed by atoms with E-state index in [2.05, 4.69) is 34.2 Å². The van der Waals surface area contributed by atoms with Gasteiger partial charge in [-0.25, -0.2) is 0 Å². The Kier molecular flexibility index (Phi) is 5.07. The van der Waals surface area contributed by atoms with Gasteiger partial charge in [-0.15, -0.1) is 11.3 Å². The molecule has 1 unspecified atom stereocenters. The van der Waals surface area contributed by atoms with Crippen LogP contribution < -0.4 is 14.8 Å². The predicted octanol–water partition coefficient (Wildman–Crippen LogP) is 4.15. The molecule has 1 atom stereocenters. The molecule has 1 aromatic heterocycles. The predicted molar refractivity (Wildman–Crippen MR) is 87.2 cm³/mol. The molecule has 1 heterocycles. The number of aryl methyl sites for hydroxylation is 1. The molecule has 5 heteroatoms. The molecule has 3 nitrogen and oxygen atoms in total.